The fraction of sp³-hybridized carbons (Fsp3) is 0.300. The molecule has 156 valence electrons. The van der Waals surface area contributed by atoms with E-state index in [2.05, 4.69) is 60.6 Å². The Balaban J connectivity index is 1.62. The van der Waals surface area contributed by atoms with Crippen LogP contribution in [0.25, 0.3) is 17.2 Å². The van der Waals surface area contributed by atoms with Gasteiger partial charge in [0.1, 0.15) is 5.82 Å². The third-order valence-electron chi connectivity index (χ3n) is 4.92. The number of nitrogens with zero attached hydrogens (tertiary/aromatic N) is 6. The molecule has 0 saturated carbocycles. The first-order chi connectivity index (χ1) is 14.6. The zero-order valence-corrected chi connectivity index (χ0v) is 18.7. The zero-order valence-electron chi connectivity index (χ0n) is 16.4. The maximum Gasteiger partial charge on any atom is 0.221 e. The van der Waals surface area contributed by atoms with Crippen molar-refractivity contribution in [1.29, 1.82) is 0 Å². The topological polar surface area (TPSA) is 97.4 Å². The third-order valence-corrected chi connectivity index (χ3v) is 5.66. The summed E-state index contributed by atoms with van der Waals surface area (Å²) in [5.74, 6) is 1.43. The number of aryl methyl sites for hydroxylation is 1. The lowest BCUT2D eigenvalue weighted by Gasteiger charge is -2.12. The van der Waals surface area contributed by atoms with E-state index < -0.39 is 0 Å². The fourth-order valence-electron chi connectivity index (χ4n) is 3.40. The van der Waals surface area contributed by atoms with Crippen molar-refractivity contribution >= 4 is 27.5 Å². The summed E-state index contributed by atoms with van der Waals surface area (Å²) in [5, 5.41) is 24.4. The first-order valence-corrected chi connectivity index (χ1v) is 10.8. The minimum Gasteiger partial charge on any atom is -0.390 e. The van der Waals surface area contributed by atoms with Gasteiger partial charge in [-0.15, -0.1) is 10.2 Å². The summed E-state index contributed by atoms with van der Waals surface area (Å²) >= 11 is 9.77. The number of hydrogen-bond donors (Lipinski definition) is 2. The molecule has 8 nitrogen and oxygen atoms in total. The lowest BCUT2D eigenvalue weighted by molar-refractivity contribution is 0.271. The highest BCUT2D eigenvalue weighted by molar-refractivity contribution is 9.10. The average Bonchev–Trinajstić information content (AvgIpc) is 3.46. The fourth-order valence-corrected chi connectivity index (χ4v) is 4.08. The second kappa shape index (κ2) is 9.11. The summed E-state index contributed by atoms with van der Waals surface area (Å²) in [6.07, 6.45) is 4.89. The number of tetrazole rings is 1. The molecule has 0 unspecified atom stereocenters. The van der Waals surface area contributed by atoms with Gasteiger partial charge in [-0.1, -0.05) is 37.1 Å². The van der Waals surface area contributed by atoms with Gasteiger partial charge in [0.15, 0.2) is 5.15 Å². The molecule has 0 amide bonds. The van der Waals surface area contributed by atoms with Crippen molar-refractivity contribution in [2.45, 2.75) is 39.3 Å². The minimum atomic E-state index is -0.137. The van der Waals surface area contributed by atoms with Gasteiger partial charge in [-0.2, -0.15) is 5.21 Å². The van der Waals surface area contributed by atoms with Crippen LogP contribution in [0, 0.1) is 0 Å². The highest BCUT2D eigenvalue weighted by Gasteiger charge is 2.16. The number of unbranched alkanes of at least 4 members (excludes halogenated alkanes) is 1. The van der Waals surface area contributed by atoms with Crippen molar-refractivity contribution in [1.82, 2.24) is 34.7 Å². The van der Waals surface area contributed by atoms with Gasteiger partial charge in [0, 0.05) is 29.3 Å². The van der Waals surface area contributed by atoms with Gasteiger partial charge >= 0.3 is 0 Å². The van der Waals surface area contributed by atoms with Gasteiger partial charge in [0.2, 0.25) is 5.82 Å². The first-order valence-electron chi connectivity index (χ1n) is 9.66. The van der Waals surface area contributed by atoms with Crippen LogP contribution in [0.3, 0.4) is 0 Å². The molecule has 2 N–H and O–H groups in total. The van der Waals surface area contributed by atoms with Crippen molar-refractivity contribution in [3.8, 4) is 17.2 Å². The second-order valence-electron chi connectivity index (χ2n) is 6.93. The molecule has 0 atom stereocenters. The number of rotatable bonds is 8. The zero-order chi connectivity index (χ0) is 21.1. The lowest BCUT2D eigenvalue weighted by atomic mass is 10.2. The van der Waals surface area contributed by atoms with Gasteiger partial charge in [0.05, 0.1) is 18.0 Å². The Morgan fingerprint density at radius 3 is 2.70 bits per heavy atom. The molecule has 4 rings (SSSR count). The second-order valence-corrected chi connectivity index (χ2v) is 8.20. The molecule has 0 spiro atoms. The predicted octanol–water partition coefficient (Wildman–Crippen LogP) is 4.15. The van der Waals surface area contributed by atoms with E-state index in [4.69, 9.17) is 11.6 Å². The molecule has 0 aliphatic heterocycles. The van der Waals surface area contributed by atoms with Crippen LogP contribution in [0.1, 0.15) is 36.8 Å². The molecule has 0 radical (unpaired) electrons. The van der Waals surface area contributed by atoms with Crippen LogP contribution in [0.2, 0.25) is 5.15 Å². The van der Waals surface area contributed by atoms with Crippen molar-refractivity contribution in [3.63, 3.8) is 0 Å². The first kappa shape index (κ1) is 20.8. The van der Waals surface area contributed by atoms with E-state index in [1.165, 1.54) is 0 Å². The highest BCUT2D eigenvalue weighted by Crippen LogP contribution is 2.27. The van der Waals surface area contributed by atoms with Crippen LogP contribution in [0.15, 0.2) is 41.0 Å². The number of H-pyrrole nitrogens is 1. The molecule has 0 fully saturated rings. The summed E-state index contributed by atoms with van der Waals surface area (Å²) in [4.78, 5) is 4.46. The Bertz CT molecular complexity index is 1120. The van der Waals surface area contributed by atoms with E-state index >= 15 is 0 Å². The molecule has 0 aliphatic rings. The Kier molecular flexibility index (Phi) is 6.31. The lowest BCUT2D eigenvalue weighted by Crippen LogP contribution is -2.09. The molecule has 3 heterocycles. The van der Waals surface area contributed by atoms with Crippen molar-refractivity contribution in [2.24, 2.45) is 0 Å². The van der Waals surface area contributed by atoms with E-state index in [9.17, 15) is 5.11 Å². The van der Waals surface area contributed by atoms with Crippen LogP contribution in [-0.2, 0) is 19.6 Å². The summed E-state index contributed by atoms with van der Waals surface area (Å²) in [6.45, 7) is 2.60. The van der Waals surface area contributed by atoms with Gasteiger partial charge in [-0.3, -0.25) is 0 Å². The largest absolute Gasteiger partial charge is 0.390 e. The van der Waals surface area contributed by atoms with Gasteiger partial charge in [-0.05, 0) is 51.3 Å². The summed E-state index contributed by atoms with van der Waals surface area (Å²) in [6, 6.07) is 10.1. The summed E-state index contributed by atoms with van der Waals surface area (Å²) in [5.41, 5.74) is 3.55. The minimum absolute atomic E-state index is 0.137. The Morgan fingerprint density at radius 1 is 1.23 bits per heavy atom. The van der Waals surface area contributed by atoms with Crippen LogP contribution in [0.5, 0.6) is 0 Å². The molecule has 0 bridgehead atoms. The molecule has 1 aromatic carbocycles. The molecule has 0 aliphatic carbocycles. The molecule has 30 heavy (non-hydrogen) atoms. The van der Waals surface area contributed by atoms with Crippen molar-refractivity contribution in [3.05, 3.63) is 63.2 Å². The quantitative estimate of drug-likeness (QED) is 0.387. The number of aromatic amines is 1. The monoisotopic (exact) mass is 489 g/mol. The Hall–Kier alpha value is -2.49. The van der Waals surface area contributed by atoms with Gasteiger partial charge in [-0.25, -0.2) is 4.98 Å². The standard InChI is InChI=1S/C20H21BrClN7O/c1-2-3-4-18-23-19(22)17(12-30)29(18)10-13-5-7-15(8-6-13)28-11-14(21)9-16(28)20-24-26-27-25-20/h5-9,11,30H,2-4,10,12H2,1H3,(H,24,25,26,27). The smallest absolute Gasteiger partial charge is 0.221 e. The molecular formula is C20H21BrClN7O. The molecule has 10 heteroatoms. The highest BCUT2D eigenvalue weighted by atomic mass is 79.9. The number of imidazole rings is 1. The molecule has 4 aromatic rings. The Labute approximate surface area is 187 Å². The number of benzene rings is 1. The summed E-state index contributed by atoms with van der Waals surface area (Å²) < 4.78 is 4.94. The van der Waals surface area contributed by atoms with E-state index in [1.807, 2.05) is 33.5 Å². The van der Waals surface area contributed by atoms with Gasteiger partial charge in [0.25, 0.3) is 0 Å². The van der Waals surface area contributed by atoms with E-state index in [1.54, 1.807) is 0 Å². The van der Waals surface area contributed by atoms with Gasteiger partial charge < -0.3 is 14.2 Å². The van der Waals surface area contributed by atoms with Crippen LogP contribution in [-0.4, -0.2) is 39.8 Å². The number of aliphatic hydroxyl groups excluding tert-OH is 1. The number of aromatic nitrogens is 7. The van der Waals surface area contributed by atoms with Crippen LogP contribution >= 0.6 is 27.5 Å². The number of hydrogen-bond acceptors (Lipinski definition) is 5. The van der Waals surface area contributed by atoms with E-state index in [0.29, 0.717) is 23.2 Å². The molecular weight excluding hydrogens is 470 g/mol. The SMILES string of the molecule is CCCCc1nc(Cl)c(CO)n1Cc1ccc(-n2cc(Br)cc2-c2nn[nH]n2)cc1. The normalized spacial score (nSPS) is 11.3. The van der Waals surface area contributed by atoms with E-state index in [0.717, 1.165) is 46.5 Å². The Morgan fingerprint density at radius 2 is 2.03 bits per heavy atom. The maximum atomic E-state index is 9.76. The number of nitrogens with one attached hydrogen (secondary N) is 1. The summed E-state index contributed by atoms with van der Waals surface area (Å²) in [7, 11) is 0. The van der Waals surface area contributed by atoms with Crippen molar-refractivity contribution in [2.75, 3.05) is 0 Å². The average molecular weight is 491 g/mol. The third kappa shape index (κ3) is 4.19. The van der Waals surface area contributed by atoms with Crippen molar-refractivity contribution < 1.29 is 5.11 Å². The van der Waals surface area contributed by atoms with Crippen LogP contribution in [0.4, 0.5) is 0 Å². The van der Waals surface area contributed by atoms with E-state index in [-0.39, 0.29) is 6.61 Å². The van der Waals surface area contributed by atoms with Crippen LogP contribution < -0.4 is 0 Å². The number of halogens is 2. The number of aliphatic hydroxyl groups is 1. The predicted molar refractivity (Wildman–Crippen MR) is 118 cm³/mol. The maximum absolute atomic E-state index is 9.76. The molecule has 3 aromatic heterocycles. The molecule has 0 saturated heterocycles.